The Labute approximate surface area is 124 Å². The average molecular weight is 278 g/mol. The summed E-state index contributed by atoms with van der Waals surface area (Å²) in [5.74, 6) is 0.573. The molecule has 3 aromatic rings. The standard InChI is InChI=1S/C17H18N4/c1-3-4-14-16(19-10-20-17(14)18)13-7-8-15-12(9-13)6-5-11(2)21-15/h5-10H,3-4H2,1-2H3,(H2,18,19,20). The molecule has 0 aliphatic heterocycles. The Kier molecular flexibility index (Phi) is 3.52. The molecule has 0 aliphatic carbocycles. The molecule has 3 rings (SSSR count). The maximum atomic E-state index is 6.01. The minimum Gasteiger partial charge on any atom is -0.383 e. The van der Waals surface area contributed by atoms with Gasteiger partial charge in [-0.25, -0.2) is 9.97 Å². The third kappa shape index (κ3) is 2.57. The minimum atomic E-state index is 0.573. The van der Waals surface area contributed by atoms with Gasteiger partial charge in [0, 0.05) is 22.2 Å². The van der Waals surface area contributed by atoms with E-state index in [2.05, 4.69) is 40.1 Å². The van der Waals surface area contributed by atoms with E-state index in [0.29, 0.717) is 5.82 Å². The Hall–Kier alpha value is -2.49. The van der Waals surface area contributed by atoms with Crippen molar-refractivity contribution in [1.29, 1.82) is 0 Å². The third-order valence-corrected chi connectivity index (χ3v) is 3.58. The molecule has 0 amide bonds. The number of nitrogens with zero attached hydrogens (tertiary/aromatic N) is 3. The van der Waals surface area contributed by atoms with Crippen LogP contribution in [0.25, 0.3) is 22.2 Å². The highest BCUT2D eigenvalue weighted by molar-refractivity contribution is 5.84. The van der Waals surface area contributed by atoms with Crippen LogP contribution in [0.3, 0.4) is 0 Å². The van der Waals surface area contributed by atoms with Gasteiger partial charge < -0.3 is 5.73 Å². The maximum absolute atomic E-state index is 6.01. The van der Waals surface area contributed by atoms with Gasteiger partial charge in [-0.1, -0.05) is 25.5 Å². The highest BCUT2D eigenvalue weighted by Crippen LogP contribution is 2.28. The molecule has 0 saturated carbocycles. The number of aryl methyl sites for hydroxylation is 1. The van der Waals surface area contributed by atoms with Crippen molar-refractivity contribution in [3.8, 4) is 11.3 Å². The topological polar surface area (TPSA) is 64.7 Å². The maximum Gasteiger partial charge on any atom is 0.130 e. The second-order valence-corrected chi connectivity index (χ2v) is 5.20. The Morgan fingerprint density at radius 1 is 1.10 bits per heavy atom. The van der Waals surface area contributed by atoms with Gasteiger partial charge in [0.1, 0.15) is 12.1 Å². The Morgan fingerprint density at radius 2 is 1.95 bits per heavy atom. The molecule has 0 radical (unpaired) electrons. The van der Waals surface area contributed by atoms with Crippen molar-refractivity contribution in [3.63, 3.8) is 0 Å². The van der Waals surface area contributed by atoms with Gasteiger partial charge in [-0.3, -0.25) is 4.98 Å². The van der Waals surface area contributed by atoms with E-state index in [1.807, 2.05) is 19.1 Å². The van der Waals surface area contributed by atoms with E-state index in [1.54, 1.807) is 0 Å². The number of benzene rings is 1. The second kappa shape index (κ2) is 5.48. The van der Waals surface area contributed by atoms with Crippen molar-refractivity contribution in [2.45, 2.75) is 26.7 Å². The van der Waals surface area contributed by atoms with E-state index in [-0.39, 0.29) is 0 Å². The van der Waals surface area contributed by atoms with Gasteiger partial charge in [0.15, 0.2) is 0 Å². The normalized spacial score (nSPS) is 11.0. The molecule has 4 heteroatoms. The number of hydrogen-bond donors (Lipinski definition) is 1. The molecule has 0 fully saturated rings. The summed E-state index contributed by atoms with van der Waals surface area (Å²) in [6, 6.07) is 10.3. The fourth-order valence-corrected chi connectivity index (χ4v) is 2.55. The van der Waals surface area contributed by atoms with Crippen molar-refractivity contribution in [3.05, 3.63) is 47.9 Å². The van der Waals surface area contributed by atoms with Gasteiger partial charge >= 0.3 is 0 Å². The summed E-state index contributed by atoms with van der Waals surface area (Å²) in [4.78, 5) is 13.1. The third-order valence-electron chi connectivity index (χ3n) is 3.58. The van der Waals surface area contributed by atoms with Crippen molar-refractivity contribution in [2.24, 2.45) is 0 Å². The van der Waals surface area contributed by atoms with Crippen LogP contribution in [0.5, 0.6) is 0 Å². The smallest absolute Gasteiger partial charge is 0.130 e. The molecule has 0 spiro atoms. The number of pyridine rings is 1. The van der Waals surface area contributed by atoms with Crippen LogP contribution in [0, 0.1) is 6.92 Å². The summed E-state index contributed by atoms with van der Waals surface area (Å²) in [7, 11) is 0. The number of rotatable bonds is 3. The first kappa shape index (κ1) is 13.5. The molecule has 0 atom stereocenters. The summed E-state index contributed by atoms with van der Waals surface area (Å²) >= 11 is 0. The minimum absolute atomic E-state index is 0.573. The van der Waals surface area contributed by atoms with Crippen LogP contribution in [-0.2, 0) is 6.42 Å². The highest BCUT2D eigenvalue weighted by atomic mass is 14.9. The molecule has 106 valence electrons. The molecule has 2 N–H and O–H groups in total. The van der Waals surface area contributed by atoms with Gasteiger partial charge in [-0.15, -0.1) is 0 Å². The summed E-state index contributed by atoms with van der Waals surface area (Å²) in [5, 5.41) is 1.11. The summed E-state index contributed by atoms with van der Waals surface area (Å²) in [6.07, 6.45) is 3.42. The fourth-order valence-electron chi connectivity index (χ4n) is 2.55. The van der Waals surface area contributed by atoms with Crippen LogP contribution in [0.2, 0.25) is 0 Å². The predicted molar refractivity (Wildman–Crippen MR) is 85.9 cm³/mol. The number of anilines is 1. The molecule has 0 aliphatic rings. The molecule has 2 aromatic heterocycles. The average Bonchev–Trinajstić information content (AvgIpc) is 2.49. The lowest BCUT2D eigenvalue weighted by atomic mass is 10.0. The number of fused-ring (bicyclic) bond motifs is 1. The second-order valence-electron chi connectivity index (χ2n) is 5.20. The zero-order valence-corrected chi connectivity index (χ0v) is 12.3. The van der Waals surface area contributed by atoms with Crippen molar-refractivity contribution in [2.75, 3.05) is 5.73 Å². The molecule has 0 bridgehead atoms. The summed E-state index contributed by atoms with van der Waals surface area (Å²) < 4.78 is 0. The van der Waals surface area contributed by atoms with Gasteiger partial charge in [0.2, 0.25) is 0 Å². The molecular weight excluding hydrogens is 260 g/mol. The van der Waals surface area contributed by atoms with Crippen LogP contribution in [0.4, 0.5) is 5.82 Å². The molecule has 21 heavy (non-hydrogen) atoms. The molecule has 2 heterocycles. The monoisotopic (exact) mass is 278 g/mol. The van der Waals surface area contributed by atoms with Crippen molar-refractivity contribution >= 4 is 16.7 Å². The van der Waals surface area contributed by atoms with Gasteiger partial charge in [-0.2, -0.15) is 0 Å². The zero-order chi connectivity index (χ0) is 14.8. The van der Waals surface area contributed by atoms with Gasteiger partial charge in [-0.05, 0) is 31.5 Å². The molecule has 0 unspecified atom stereocenters. The molecular formula is C17H18N4. The lowest BCUT2D eigenvalue weighted by Gasteiger charge is -2.10. The first-order chi connectivity index (χ1) is 10.2. The van der Waals surface area contributed by atoms with Crippen LogP contribution >= 0.6 is 0 Å². The predicted octanol–water partition coefficient (Wildman–Crippen LogP) is 3.53. The number of aromatic nitrogens is 3. The van der Waals surface area contributed by atoms with Crippen LogP contribution in [-0.4, -0.2) is 15.0 Å². The first-order valence-corrected chi connectivity index (χ1v) is 7.16. The number of nitrogen functional groups attached to an aromatic ring is 1. The Morgan fingerprint density at radius 3 is 2.76 bits per heavy atom. The van der Waals surface area contributed by atoms with E-state index >= 15 is 0 Å². The molecule has 0 saturated heterocycles. The summed E-state index contributed by atoms with van der Waals surface area (Å²) in [6.45, 7) is 4.13. The van der Waals surface area contributed by atoms with E-state index in [4.69, 9.17) is 5.73 Å². The molecule has 4 nitrogen and oxygen atoms in total. The summed E-state index contributed by atoms with van der Waals surface area (Å²) in [5.41, 5.74) is 11.0. The molecule has 1 aromatic carbocycles. The van der Waals surface area contributed by atoms with Crippen molar-refractivity contribution < 1.29 is 0 Å². The van der Waals surface area contributed by atoms with E-state index in [9.17, 15) is 0 Å². The SMILES string of the molecule is CCCc1c(N)ncnc1-c1ccc2nc(C)ccc2c1. The quantitative estimate of drug-likeness (QED) is 0.796. The van der Waals surface area contributed by atoms with Crippen LogP contribution in [0.1, 0.15) is 24.6 Å². The van der Waals surface area contributed by atoms with E-state index < -0.39 is 0 Å². The van der Waals surface area contributed by atoms with E-state index in [0.717, 1.165) is 46.3 Å². The lowest BCUT2D eigenvalue weighted by Crippen LogP contribution is -2.02. The number of hydrogen-bond acceptors (Lipinski definition) is 4. The lowest BCUT2D eigenvalue weighted by molar-refractivity contribution is 0.908. The van der Waals surface area contributed by atoms with Gasteiger partial charge in [0.25, 0.3) is 0 Å². The van der Waals surface area contributed by atoms with Gasteiger partial charge in [0.05, 0.1) is 11.2 Å². The Bertz CT molecular complexity index is 796. The largest absolute Gasteiger partial charge is 0.383 e. The van der Waals surface area contributed by atoms with E-state index in [1.165, 1.54) is 6.33 Å². The van der Waals surface area contributed by atoms with Crippen molar-refractivity contribution in [1.82, 2.24) is 15.0 Å². The fraction of sp³-hybridized carbons (Fsp3) is 0.235. The first-order valence-electron chi connectivity index (χ1n) is 7.16. The number of nitrogens with two attached hydrogens (primary N) is 1. The highest BCUT2D eigenvalue weighted by Gasteiger charge is 2.11. The Balaban J connectivity index is 2.16. The zero-order valence-electron chi connectivity index (χ0n) is 12.3. The van der Waals surface area contributed by atoms with Crippen LogP contribution in [0.15, 0.2) is 36.7 Å². The van der Waals surface area contributed by atoms with Crippen LogP contribution < -0.4 is 5.73 Å².